The predicted molar refractivity (Wildman–Crippen MR) is 107 cm³/mol. The number of rotatable bonds is 5. The Morgan fingerprint density at radius 1 is 1.23 bits per heavy atom. The van der Waals surface area contributed by atoms with Gasteiger partial charge in [0, 0.05) is 31.2 Å². The molecule has 1 aliphatic heterocycles. The lowest BCUT2D eigenvalue weighted by atomic mass is 10.0. The van der Waals surface area contributed by atoms with Gasteiger partial charge in [0.15, 0.2) is 5.11 Å². The molecule has 1 atom stereocenters. The molecule has 26 heavy (non-hydrogen) atoms. The zero-order chi connectivity index (χ0) is 19.3. The normalized spacial score (nSPS) is 18.0. The van der Waals surface area contributed by atoms with E-state index in [2.05, 4.69) is 12.2 Å². The summed E-state index contributed by atoms with van der Waals surface area (Å²) in [6.45, 7) is 7.36. The molecule has 0 aliphatic carbocycles. The van der Waals surface area contributed by atoms with Gasteiger partial charge in [0.1, 0.15) is 0 Å². The predicted octanol–water partition coefficient (Wildman–Crippen LogP) is 2.61. The average molecular weight is 398 g/mol. The number of piperidine rings is 1. The van der Waals surface area contributed by atoms with Crippen LogP contribution in [0.2, 0.25) is 0 Å². The van der Waals surface area contributed by atoms with Gasteiger partial charge in [-0.15, -0.1) is 0 Å². The summed E-state index contributed by atoms with van der Waals surface area (Å²) in [5.74, 6) is -0.320. The van der Waals surface area contributed by atoms with Crippen LogP contribution in [-0.4, -0.2) is 54.3 Å². The number of nitrogens with one attached hydrogen (secondary N) is 1. The van der Waals surface area contributed by atoms with Crippen LogP contribution in [0.4, 0.5) is 0 Å². The molecule has 0 aromatic heterocycles. The molecule has 144 valence electrons. The molecule has 0 spiro atoms. The SMILES string of the molecule is CCN(CC)S(=O)(=O)c1ccc(C(=O)NC(=S)N2CCCC[C@@H]2C)cc1. The Bertz CT molecular complexity index is 743. The second kappa shape index (κ2) is 8.92. The molecule has 1 saturated heterocycles. The van der Waals surface area contributed by atoms with Crippen molar-refractivity contribution in [3.63, 3.8) is 0 Å². The second-order valence-electron chi connectivity index (χ2n) is 6.41. The maximum Gasteiger partial charge on any atom is 0.257 e. The number of benzene rings is 1. The minimum absolute atomic E-state index is 0.185. The third kappa shape index (κ3) is 4.61. The standard InChI is InChI=1S/C18H27N3O3S2/c1-4-20(5-2)26(23,24)16-11-9-15(10-12-16)17(22)19-18(25)21-13-7-6-8-14(21)3/h9-12,14H,4-8,13H2,1-3H3,(H,19,22,25)/t14-/m0/s1. The summed E-state index contributed by atoms with van der Waals surface area (Å²) in [7, 11) is -3.52. The summed E-state index contributed by atoms with van der Waals surface area (Å²) in [5, 5.41) is 3.19. The third-order valence-electron chi connectivity index (χ3n) is 4.74. The third-order valence-corrected chi connectivity index (χ3v) is 7.14. The van der Waals surface area contributed by atoms with Crippen LogP contribution in [-0.2, 0) is 10.0 Å². The summed E-state index contributed by atoms with van der Waals surface area (Å²) in [6, 6.07) is 6.30. The number of sulfonamides is 1. The van der Waals surface area contributed by atoms with Crippen molar-refractivity contribution in [1.29, 1.82) is 0 Å². The second-order valence-corrected chi connectivity index (χ2v) is 8.74. The molecular weight excluding hydrogens is 370 g/mol. The van der Waals surface area contributed by atoms with Crippen LogP contribution >= 0.6 is 12.2 Å². The smallest absolute Gasteiger partial charge is 0.257 e. The Kier molecular flexibility index (Phi) is 7.14. The van der Waals surface area contributed by atoms with Crippen molar-refractivity contribution >= 4 is 33.3 Å². The first-order valence-corrected chi connectivity index (χ1v) is 10.9. The summed E-state index contributed by atoms with van der Waals surface area (Å²) >= 11 is 5.37. The van der Waals surface area contributed by atoms with E-state index in [-0.39, 0.29) is 10.8 Å². The molecule has 0 bridgehead atoms. The van der Waals surface area contributed by atoms with E-state index in [1.54, 1.807) is 13.8 Å². The van der Waals surface area contributed by atoms with Gasteiger partial charge in [0.05, 0.1) is 4.90 Å². The number of carbonyl (C=O) groups is 1. The zero-order valence-electron chi connectivity index (χ0n) is 15.6. The van der Waals surface area contributed by atoms with Crippen molar-refractivity contribution in [3.05, 3.63) is 29.8 Å². The van der Waals surface area contributed by atoms with E-state index < -0.39 is 10.0 Å². The largest absolute Gasteiger partial charge is 0.346 e. The minimum Gasteiger partial charge on any atom is -0.346 e. The van der Waals surface area contributed by atoms with Gasteiger partial charge >= 0.3 is 0 Å². The summed E-state index contributed by atoms with van der Waals surface area (Å²) < 4.78 is 26.4. The zero-order valence-corrected chi connectivity index (χ0v) is 17.2. The quantitative estimate of drug-likeness (QED) is 0.774. The molecule has 1 heterocycles. The highest BCUT2D eigenvalue weighted by molar-refractivity contribution is 7.89. The highest BCUT2D eigenvalue weighted by atomic mass is 32.2. The number of likely N-dealkylation sites (tertiary alicyclic amines) is 1. The molecule has 1 aromatic rings. The van der Waals surface area contributed by atoms with E-state index in [0.29, 0.717) is 29.8 Å². The molecular formula is C18H27N3O3S2. The maximum absolute atomic E-state index is 12.5. The molecule has 1 amide bonds. The Morgan fingerprint density at radius 3 is 2.38 bits per heavy atom. The number of hydrogen-bond acceptors (Lipinski definition) is 4. The van der Waals surface area contributed by atoms with Crippen molar-refractivity contribution in [3.8, 4) is 0 Å². The highest BCUT2D eigenvalue weighted by Crippen LogP contribution is 2.18. The first kappa shape index (κ1) is 20.8. The molecule has 6 nitrogen and oxygen atoms in total. The van der Waals surface area contributed by atoms with Gasteiger partial charge < -0.3 is 4.90 Å². The Hall–Kier alpha value is -1.51. The van der Waals surface area contributed by atoms with Crippen LogP contribution < -0.4 is 5.32 Å². The van der Waals surface area contributed by atoms with Crippen molar-refractivity contribution in [2.45, 2.75) is 51.0 Å². The maximum atomic E-state index is 12.5. The molecule has 1 fully saturated rings. The molecule has 0 unspecified atom stereocenters. The van der Waals surface area contributed by atoms with Crippen LogP contribution in [0.5, 0.6) is 0 Å². The first-order valence-electron chi connectivity index (χ1n) is 9.03. The average Bonchev–Trinajstić information content (AvgIpc) is 2.62. The van der Waals surface area contributed by atoms with Crippen LogP contribution in [0.3, 0.4) is 0 Å². The van der Waals surface area contributed by atoms with E-state index in [4.69, 9.17) is 12.2 Å². The molecule has 1 aliphatic rings. The lowest BCUT2D eigenvalue weighted by Crippen LogP contribution is -2.48. The number of carbonyl (C=O) groups excluding carboxylic acids is 1. The number of nitrogens with zero attached hydrogens (tertiary/aromatic N) is 2. The monoisotopic (exact) mass is 397 g/mol. The van der Waals surface area contributed by atoms with Crippen LogP contribution in [0.15, 0.2) is 29.2 Å². The van der Waals surface area contributed by atoms with E-state index in [1.165, 1.54) is 35.0 Å². The van der Waals surface area contributed by atoms with E-state index >= 15 is 0 Å². The van der Waals surface area contributed by atoms with Crippen LogP contribution in [0.25, 0.3) is 0 Å². The van der Waals surface area contributed by atoms with E-state index in [9.17, 15) is 13.2 Å². The topological polar surface area (TPSA) is 69.7 Å². The fourth-order valence-corrected chi connectivity index (χ4v) is 4.95. The van der Waals surface area contributed by atoms with Crippen molar-refractivity contribution in [1.82, 2.24) is 14.5 Å². The van der Waals surface area contributed by atoms with Gasteiger partial charge in [-0.25, -0.2) is 8.42 Å². The lowest BCUT2D eigenvalue weighted by Gasteiger charge is -2.35. The summed E-state index contributed by atoms with van der Waals surface area (Å²) in [6.07, 6.45) is 3.31. The molecule has 8 heteroatoms. The summed E-state index contributed by atoms with van der Waals surface area (Å²) in [5.41, 5.74) is 0.385. The van der Waals surface area contributed by atoms with Crippen LogP contribution in [0, 0.1) is 0 Å². The Balaban J connectivity index is 2.08. The number of amides is 1. The van der Waals surface area contributed by atoms with Crippen molar-refractivity contribution in [2.24, 2.45) is 0 Å². The highest BCUT2D eigenvalue weighted by Gasteiger charge is 2.23. The van der Waals surface area contributed by atoms with Gasteiger partial charge in [0.25, 0.3) is 5.91 Å². The fourth-order valence-electron chi connectivity index (χ4n) is 3.13. The van der Waals surface area contributed by atoms with Gasteiger partial charge in [-0.1, -0.05) is 13.8 Å². The van der Waals surface area contributed by atoms with Crippen molar-refractivity contribution < 1.29 is 13.2 Å². The molecule has 2 rings (SSSR count). The van der Waals surface area contributed by atoms with E-state index in [0.717, 1.165) is 19.4 Å². The van der Waals surface area contributed by atoms with Gasteiger partial charge in [0.2, 0.25) is 10.0 Å². The molecule has 1 aromatic carbocycles. The molecule has 0 radical (unpaired) electrons. The van der Waals surface area contributed by atoms with E-state index in [1.807, 2.05) is 4.90 Å². The summed E-state index contributed by atoms with van der Waals surface area (Å²) in [4.78, 5) is 14.6. The van der Waals surface area contributed by atoms with Crippen LogP contribution in [0.1, 0.15) is 50.4 Å². The molecule has 0 saturated carbocycles. The van der Waals surface area contributed by atoms with Gasteiger partial charge in [-0.05, 0) is 62.7 Å². The van der Waals surface area contributed by atoms with Crippen molar-refractivity contribution in [2.75, 3.05) is 19.6 Å². The number of thiocarbonyl (C=S) groups is 1. The molecule has 1 N–H and O–H groups in total. The fraction of sp³-hybridized carbons (Fsp3) is 0.556. The Labute approximate surface area is 161 Å². The lowest BCUT2D eigenvalue weighted by molar-refractivity contribution is 0.0970. The van der Waals surface area contributed by atoms with Gasteiger partial charge in [-0.2, -0.15) is 4.31 Å². The van der Waals surface area contributed by atoms with Gasteiger partial charge in [-0.3, -0.25) is 10.1 Å². The first-order chi connectivity index (χ1) is 12.3. The minimum atomic E-state index is -3.52. The Morgan fingerprint density at radius 2 is 1.85 bits per heavy atom. The number of hydrogen-bond donors (Lipinski definition) is 1.